The molecule has 0 bridgehead atoms. The second kappa shape index (κ2) is 6.31. The first-order valence-electron chi connectivity index (χ1n) is 8.20. The first-order valence-corrected chi connectivity index (χ1v) is 8.20. The Labute approximate surface area is 154 Å². The number of H-pyrrole nitrogens is 2. The third kappa shape index (κ3) is 2.95. The number of fused-ring (bicyclic) bond motifs is 1. The molecule has 0 unspecified atom stereocenters. The van der Waals surface area contributed by atoms with Gasteiger partial charge in [-0.3, -0.25) is 9.89 Å². The molecule has 4 rings (SSSR count). The van der Waals surface area contributed by atoms with Crippen LogP contribution in [0.15, 0.2) is 36.5 Å². The lowest BCUT2D eigenvalue weighted by Crippen LogP contribution is -2.16. The van der Waals surface area contributed by atoms with Crippen LogP contribution in [0.5, 0.6) is 0 Å². The van der Waals surface area contributed by atoms with E-state index in [0.29, 0.717) is 11.5 Å². The van der Waals surface area contributed by atoms with Gasteiger partial charge in [-0.05, 0) is 49.2 Å². The third-order valence-electron chi connectivity index (χ3n) is 4.41. The van der Waals surface area contributed by atoms with Crippen LogP contribution < -0.4 is 5.32 Å². The summed E-state index contributed by atoms with van der Waals surface area (Å²) in [5.74, 6) is -2.33. The largest absolute Gasteiger partial charge is 0.337 e. The van der Waals surface area contributed by atoms with E-state index in [-0.39, 0.29) is 7.11 Å². The molecule has 1 amide bonds. The second-order valence-electron chi connectivity index (χ2n) is 6.25. The monoisotopic (exact) mass is 369 g/mol. The molecule has 0 radical (unpaired) electrons. The lowest BCUT2D eigenvalue weighted by molar-refractivity contribution is 0.101. The van der Waals surface area contributed by atoms with Gasteiger partial charge < -0.3 is 10.3 Å². The summed E-state index contributed by atoms with van der Waals surface area (Å²) in [5, 5.41) is 9.14. The number of imidazole rings is 1. The molecule has 27 heavy (non-hydrogen) atoms. The molecule has 0 fully saturated rings. The van der Waals surface area contributed by atoms with Crippen molar-refractivity contribution in [3.63, 3.8) is 0 Å². The highest BCUT2D eigenvalue weighted by atomic mass is 19.1. The summed E-state index contributed by atoms with van der Waals surface area (Å²) in [6.45, 7) is 3.99. The number of benzene rings is 2. The molecule has 2 heterocycles. The van der Waals surface area contributed by atoms with Gasteiger partial charge in [0.1, 0.15) is 22.9 Å². The van der Waals surface area contributed by atoms with Gasteiger partial charge in [0.15, 0.2) is 5.82 Å². The van der Waals surface area contributed by atoms with E-state index in [9.17, 15) is 13.6 Å². The van der Waals surface area contributed by atoms with Crippen LogP contribution in [0.4, 0.5) is 14.5 Å². The zero-order chi connectivity index (χ0) is 19.1. The minimum atomic E-state index is -0.938. The van der Waals surface area contributed by atoms with Crippen LogP contribution in [0.3, 0.4) is 0 Å². The van der Waals surface area contributed by atoms with Crippen molar-refractivity contribution in [3.05, 3.63) is 64.9 Å². The molecule has 0 atom stereocenters. The number of nitrogens with zero attached hydrogens (tertiary/aromatic N) is 2. The van der Waals surface area contributed by atoms with E-state index in [4.69, 9.17) is 0 Å². The van der Waals surface area contributed by atoms with Crippen molar-refractivity contribution in [2.75, 3.05) is 5.32 Å². The number of hydrogen-bond donors (Lipinski definition) is 3. The van der Waals surface area contributed by atoms with Crippen molar-refractivity contribution in [2.45, 2.75) is 13.8 Å². The summed E-state index contributed by atoms with van der Waals surface area (Å²) < 4.78 is 27.7. The Morgan fingerprint density at radius 1 is 1.15 bits per heavy atom. The molecule has 0 aliphatic heterocycles. The smallest absolute Gasteiger partial charge is 0.261 e. The topological polar surface area (TPSA) is 86.5 Å². The van der Waals surface area contributed by atoms with E-state index in [1.165, 1.54) is 12.3 Å². The molecule has 8 heteroatoms. The van der Waals surface area contributed by atoms with E-state index in [0.717, 1.165) is 34.3 Å². The van der Waals surface area contributed by atoms with Crippen LogP contribution in [0.25, 0.3) is 22.6 Å². The zero-order valence-electron chi connectivity index (χ0n) is 14.5. The number of carbonyl (C=O) groups excluding carboxylic acids is 1. The molecule has 0 aliphatic carbocycles. The minimum Gasteiger partial charge on any atom is -0.337 e. The highest BCUT2D eigenvalue weighted by Crippen LogP contribution is 2.27. The molecule has 138 valence electrons. The van der Waals surface area contributed by atoms with Crippen LogP contribution in [0, 0.1) is 25.5 Å². The van der Waals surface area contributed by atoms with E-state index < -0.39 is 23.1 Å². The summed E-state index contributed by atoms with van der Waals surface area (Å²) in [5.41, 5.74) is 3.84. The Hall–Kier alpha value is -3.55. The van der Waals surface area contributed by atoms with Crippen LogP contribution in [-0.4, -0.2) is 26.1 Å². The fraction of sp³-hybridized carbons (Fsp3) is 0.105. The standard InChI is InChI=1S/C19H15F2N5O.H2/c1-9-6-13-14(7-10(9)2)24-18(23-13)17-15(8-22-26-17)25-19(27)16-11(20)4-3-5-12(16)21;/h3-8H,1-2H3,(H,22,26)(H,23,24)(H,25,27);1H. The van der Waals surface area contributed by atoms with Gasteiger partial charge in [-0.2, -0.15) is 5.10 Å². The number of halogens is 2. The van der Waals surface area contributed by atoms with Gasteiger partial charge in [0.05, 0.1) is 22.9 Å². The Balaban J connectivity index is 0.00000225. The summed E-state index contributed by atoms with van der Waals surface area (Å²) >= 11 is 0. The molecule has 6 nitrogen and oxygen atoms in total. The molecule has 3 N–H and O–H groups in total. The summed E-state index contributed by atoms with van der Waals surface area (Å²) in [4.78, 5) is 20.0. The predicted octanol–water partition coefficient (Wildman–Crippen LogP) is 4.35. The normalized spacial score (nSPS) is 11.1. The SMILES string of the molecule is Cc1cc2nc(-c3[nH]ncc3NC(=O)c3c(F)cccc3F)[nH]c2cc1C.[HH]. The van der Waals surface area contributed by atoms with Crippen LogP contribution in [0.1, 0.15) is 22.9 Å². The van der Waals surface area contributed by atoms with Gasteiger partial charge in [-0.15, -0.1) is 0 Å². The number of nitrogens with one attached hydrogen (secondary N) is 3. The van der Waals surface area contributed by atoms with Crippen molar-refractivity contribution in [3.8, 4) is 11.5 Å². The van der Waals surface area contributed by atoms with Crippen molar-refractivity contribution < 1.29 is 15.0 Å². The first-order chi connectivity index (χ1) is 12.9. The number of aryl methyl sites for hydroxylation is 2. The Morgan fingerprint density at radius 3 is 2.59 bits per heavy atom. The minimum absolute atomic E-state index is 0. The number of rotatable bonds is 3. The maximum atomic E-state index is 13.8. The van der Waals surface area contributed by atoms with Crippen molar-refractivity contribution in [1.29, 1.82) is 0 Å². The van der Waals surface area contributed by atoms with Gasteiger partial charge in [0, 0.05) is 1.43 Å². The molecule has 4 aromatic rings. The molecule has 0 saturated heterocycles. The maximum Gasteiger partial charge on any atom is 0.261 e. The molecule has 2 aromatic carbocycles. The lowest BCUT2D eigenvalue weighted by Gasteiger charge is -2.06. The molecule has 0 spiro atoms. The molecule has 0 aliphatic rings. The number of hydrogen-bond acceptors (Lipinski definition) is 3. The van der Waals surface area contributed by atoms with Crippen LogP contribution in [-0.2, 0) is 0 Å². The van der Waals surface area contributed by atoms with Crippen LogP contribution in [0.2, 0.25) is 0 Å². The third-order valence-corrected chi connectivity index (χ3v) is 4.41. The highest BCUT2D eigenvalue weighted by Gasteiger charge is 2.20. The number of anilines is 1. The molecule has 0 saturated carbocycles. The Kier molecular flexibility index (Phi) is 3.95. The maximum absolute atomic E-state index is 13.8. The zero-order valence-corrected chi connectivity index (χ0v) is 14.5. The fourth-order valence-electron chi connectivity index (χ4n) is 2.85. The quantitative estimate of drug-likeness (QED) is 0.502. The first kappa shape index (κ1) is 16.9. The van der Waals surface area contributed by atoms with E-state index in [1.807, 2.05) is 26.0 Å². The van der Waals surface area contributed by atoms with Crippen molar-refractivity contribution in [2.24, 2.45) is 0 Å². The molecule has 2 aromatic heterocycles. The van der Waals surface area contributed by atoms with Gasteiger partial charge in [-0.25, -0.2) is 13.8 Å². The molecular weight excluding hydrogens is 352 g/mol. The Morgan fingerprint density at radius 2 is 1.85 bits per heavy atom. The van der Waals surface area contributed by atoms with E-state index >= 15 is 0 Å². The summed E-state index contributed by atoms with van der Waals surface area (Å²) in [7, 11) is 0. The van der Waals surface area contributed by atoms with Gasteiger partial charge >= 0.3 is 0 Å². The van der Waals surface area contributed by atoms with Gasteiger partial charge in [0.2, 0.25) is 0 Å². The van der Waals surface area contributed by atoms with Gasteiger partial charge in [-0.1, -0.05) is 6.07 Å². The van der Waals surface area contributed by atoms with Crippen molar-refractivity contribution in [1.82, 2.24) is 20.2 Å². The predicted molar refractivity (Wildman–Crippen MR) is 99.6 cm³/mol. The Bertz CT molecular complexity index is 1130. The van der Waals surface area contributed by atoms with Crippen LogP contribution >= 0.6 is 0 Å². The average molecular weight is 369 g/mol. The number of aromatic amines is 2. The lowest BCUT2D eigenvalue weighted by atomic mass is 10.1. The second-order valence-corrected chi connectivity index (χ2v) is 6.25. The number of amides is 1. The number of carbonyl (C=O) groups is 1. The summed E-state index contributed by atoms with van der Waals surface area (Å²) in [6, 6.07) is 7.18. The molecular formula is C19H17F2N5O. The average Bonchev–Trinajstić information content (AvgIpc) is 3.21. The highest BCUT2D eigenvalue weighted by molar-refractivity contribution is 6.06. The van der Waals surface area contributed by atoms with E-state index in [2.05, 4.69) is 25.5 Å². The van der Waals surface area contributed by atoms with Gasteiger partial charge in [0.25, 0.3) is 5.91 Å². The summed E-state index contributed by atoms with van der Waals surface area (Å²) in [6.07, 6.45) is 1.36. The number of aromatic nitrogens is 4. The van der Waals surface area contributed by atoms with Crippen molar-refractivity contribution >= 4 is 22.6 Å². The van der Waals surface area contributed by atoms with E-state index in [1.54, 1.807) is 0 Å². The fourth-order valence-corrected chi connectivity index (χ4v) is 2.85.